The Kier molecular flexibility index (Phi) is 8.09. The second kappa shape index (κ2) is 8.51. The second-order valence-corrected chi connectivity index (χ2v) is 3.11. The fraction of sp³-hybridized carbons (Fsp3) is 0.727. The molecule has 1 heteroatoms. The maximum atomic E-state index is 4.27. The SMILES string of the molecule is C=CC/N=C/C(CC)CCCC. The molecular weight excluding hydrogens is 146 g/mol. The minimum Gasteiger partial charge on any atom is -0.293 e. The van der Waals surface area contributed by atoms with E-state index in [9.17, 15) is 0 Å². The Morgan fingerprint density at radius 2 is 2.17 bits per heavy atom. The van der Waals surface area contributed by atoms with E-state index in [0.717, 1.165) is 6.54 Å². The van der Waals surface area contributed by atoms with Crippen LogP contribution in [0.15, 0.2) is 17.6 Å². The molecule has 1 nitrogen and oxygen atoms in total. The molecule has 1 atom stereocenters. The number of aliphatic imine (C=N–C) groups is 1. The highest BCUT2D eigenvalue weighted by atomic mass is 14.7. The summed E-state index contributed by atoms with van der Waals surface area (Å²) < 4.78 is 0. The van der Waals surface area contributed by atoms with E-state index in [2.05, 4.69) is 31.6 Å². The molecule has 70 valence electrons. The van der Waals surface area contributed by atoms with Crippen LogP contribution in [-0.2, 0) is 0 Å². The van der Waals surface area contributed by atoms with E-state index in [4.69, 9.17) is 0 Å². The smallest absolute Gasteiger partial charge is 0.0563 e. The Hall–Kier alpha value is -0.590. The van der Waals surface area contributed by atoms with Crippen molar-refractivity contribution in [3.05, 3.63) is 12.7 Å². The van der Waals surface area contributed by atoms with Gasteiger partial charge in [-0.15, -0.1) is 6.58 Å². The molecule has 0 saturated heterocycles. The Balaban J connectivity index is 3.57. The molecule has 0 aromatic heterocycles. The third-order valence-corrected chi connectivity index (χ3v) is 2.00. The van der Waals surface area contributed by atoms with E-state index >= 15 is 0 Å². The van der Waals surface area contributed by atoms with Crippen LogP contribution in [0.25, 0.3) is 0 Å². The van der Waals surface area contributed by atoms with Crippen LogP contribution in [0.4, 0.5) is 0 Å². The van der Waals surface area contributed by atoms with E-state index in [1.165, 1.54) is 25.7 Å². The summed E-state index contributed by atoms with van der Waals surface area (Å²) in [5, 5.41) is 0. The van der Waals surface area contributed by atoms with Crippen molar-refractivity contribution >= 4 is 6.21 Å². The Morgan fingerprint density at radius 3 is 2.67 bits per heavy atom. The summed E-state index contributed by atoms with van der Waals surface area (Å²) in [4.78, 5) is 4.27. The lowest BCUT2D eigenvalue weighted by atomic mass is 10.0. The molecule has 0 spiro atoms. The summed E-state index contributed by atoms with van der Waals surface area (Å²) in [5.74, 6) is 0.685. The minimum atomic E-state index is 0.685. The molecule has 0 amide bonds. The molecule has 0 N–H and O–H groups in total. The van der Waals surface area contributed by atoms with Crippen LogP contribution in [0, 0.1) is 5.92 Å². The molecule has 0 rings (SSSR count). The van der Waals surface area contributed by atoms with Crippen molar-refractivity contribution in [2.45, 2.75) is 39.5 Å². The van der Waals surface area contributed by atoms with Crippen LogP contribution in [0.5, 0.6) is 0 Å². The van der Waals surface area contributed by atoms with Gasteiger partial charge in [-0.2, -0.15) is 0 Å². The molecular formula is C11H21N. The van der Waals surface area contributed by atoms with Gasteiger partial charge in [0.05, 0.1) is 6.54 Å². The van der Waals surface area contributed by atoms with Crippen molar-refractivity contribution in [2.75, 3.05) is 6.54 Å². The van der Waals surface area contributed by atoms with Crippen LogP contribution < -0.4 is 0 Å². The first-order chi connectivity index (χ1) is 5.85. The normalized spacial score (nSPS) is 13.5. The zero-order valence-corrected chi connectivity index (χ0v) is 8.42. The van der Waals surface area contributed by atoms with Gasteiger partial charge in [-0.3, -0.25) is 4.99 Å². The average molecular weight is 167 g/mol. The largest absolute Gasteiger partial charge is 0.293 e. The third-order valence-electron chi connectivity index (χ3n) is 2.00. The van der Waals surface area contributed by atoms with E-state index in [1.54, 1.807) is 0 Å². The molecule has 0 radical (unpaired) electrons. The van der Waals surface area contributed by atoms with Gasteiger partial charge in [0.25, 0.3) is 0 Å². The maximum Gasteiger partial charge on any atom is 0.0563 e. The van der Waals surface area contributed by atoms with Crippen molar-refractivity contribution in [1.82, 2.24) is 0 Å². The number of hydrogen-bond acceptors (Lipinski definition) is 1. The Bertz CT molecular complexity index is 127. The van der Waals surface area contributed by atoms with Crippen molar-refractivity contribution in [3.63, 3.8) is 0 Å². The molecule has 12 heavy (non-hydrogen) atoms. The number of nitrogens with zero attached hydrogens (tertiary/aromatic N) is 1. The van der Waals surface area contributed by atoms with Crippen LogP contribution in [0.2, 0.25) is 0 Å². The monoisotopic (exact) mass is 167 g/mol. The fourth-order valence-electron chi connectivity index (χ4n) is 1.13. The summed E-state index contributed by atoms with van der Waals surface area (Å²) >= 11 is 0. The lowest BCUT2D eigenvalue weighted by Crippen LogP contribution is -2.00. The van der Waals surface area contributed by atoms with Gasteiger partial charge in [0.2, 0.25) is 0 Å². The van der Waals surface area contributed by atoms with Crippen LogP contribution in [0.3, 0.4) is 0 Å². The van der Waals surface area contributed by atoms with Crippen LogP contribution in [0.1, 0.15) is 39.5 Å². The van der Waals surface area contributed by atoms with E-state index in [0.29, 0.717) is 5.92 Å². The van der Waals surface area contributed by atoms with E-state index < -0.39 is 0 Å². The van der Waals surface area contributed by atoms with E-state index in [1.807, 2.05) is 6.08 Å². The average Bonchev–Trinajstić information content (AvgIpc) is 2.11. The summed E-state index contributed by atoms with van der Waals surface area (Å²) in [6, 6.07) is 0. The van der Waals surface area contributed by atoms with Gasteiger partial charge in [-0.05, 0) is 18.8 Å². The van der Waals surface area contributed by atoms with Crippen molar-refractivity contribution in [1.29, 1.82) is 0 Å². The van der Waals surface area contributed by atoms with Crippen LogP contribution in [-0.4, -0.2) is 12.8 Å². The molecule has 0 aliphatic rings. The summed E-state index contributed by atoms with van der Waals surface area (Å²) in [5.41, 5.74) is 0. The molecule has 0 aromatic carbocycles. The summed E-state index contributed by atoms with van der Waals surface area (Å²) in [6.45, 7) is 8.85. The Morgan fingerprint density at radius 1 is 1.42 bits per heavy atom. The van der Waals surface area contributed by atoms with Gasteiger partial charge < -0.3 is 0 Å². The zero-order valence-electron chi connectivity index (χ0n) is 8.42. The van der Waals surface area contributed by atoms with Crippen molar-refractivity contribution < 1.29 is 0 Å². The predicted octanol–water partition coefficient (Wildman–Crippen LogP) is 3.46. The lowest BCUT2D eigenvalue weighted by molar-refractivity contribution is 0.575. The highest BCUT2D eigenvalue weighted by Crippen LogP contribution is 2.09. The highest BCUT2D eigenvalue weighted by Gasteiger charge is 2.00. The van der Waals surface area contributed by atoms with Gasteiger partial charge in [0, 0.05) is 6.21 Å². The molecule has 0 fully saturated rings. The van der Waals surface area contributed by atoms with Crippen molar-refractivity contribution in [2.24, 2.45) is 10.9 Å². The quantitative estimate of drug-likeness (QED) is 0.407. The molecule has 0 aliphatic heterocycles. The number of rotatable bonds is 7. The molecule has 0 bridgehead atoms. The Labute approximate surface area is 76.6 Å². The van der Waals surface area contributed by atoms with Gasteiger partial charge >= 0.3 is 0 Å². The summed E-state index contributed by atoms with van der Waals surface area (Å²) in [6.07, 6.45) is 9.03. The first-order valence-corrected chi connectivity index (χ1v) is 4.95. The molecule has 0 heterocycles. The number of hydrogen-bond donors (Lipinski definition) is 0. The van der Waals surface area contributed by atoms with Gasteiger partial charge in [-0.25, -0.2) is 0 Å². The molecule has 0 aliphatic carbocycles. The molecule has 0 saturated carbocycles. The zero-order chi connectivity index (χ0) is 9.23. The van der Waals surface area contributed by atoms with Gasteiger partial charge in [0.15, 0.2) is 0 Å². The maximum absolute atomic E-state index is 4.27. The topological polar surface area (TPSA) is 12.4 Å². The van der Waals surface area contributed by atoms with Gasteiger partial charge in [0.1, 0.15) is 0 Å². The van der Waals surface area contributed by atoms with Crippen LogP contribution >= 0.6 is 0 Å². The van der Waals surface area contributed by atoms with E-state index in [-0.39, 0.29) is 0 Å². The highest BCUT2D eigenvalue weighted by molar-refractivity contribution is 5.60. The van der Waals surface area contributed by atoms with Crippen molar-refractivity contribution in [3.8, 4) is 0 Å². The first-order valence-electron chi connectivity index (χ1n) is 4.95. The fourth-order valence-corrected chi connectivity index (χ4v) is 1.13. The summed E-state index contributed by atoms with van der Waals surface area (Å²) in [7, 11) is 0. The molecule has 0 aromatic rings. The molecule has 1 unspecified atom stereocenters. The first kappa shape index (κ1) is 11.4. The second-order valence-electron chi connectivity index (χ2n) is 3.11. The lowest BCUT2D eigenvalue weighted by Gasteiger charge is -2.06. The van der Waals surface area contributed by atoms with Gasteiger partial charge in [-0.1, -0.05) is 32.8 Å². The third kappa shape index (κ3) is 6.14. The minimum absolute atomic E-state index is 0.685. The predicted molar refractivity (Wildman–Crippen MR) is 56.9 cm³/mol. The number of unbranched alkanes of at least 4 members (excludes halogenated alkanes) is 1. The standard InChI is InChI=1S/C11H21N/c1-4-7-8-11(6-3)10-12-9-5-2/h5,10-11H,2,4,6-9H2,1,3H3/b12-10+.